The standard InChI is InChI=1S/C19H27N3O3/c1-14(20)17-5-2-3-11-22(17)19(24)13-25-16-9-7-15(8-10-16)21-12-4-6-18(21)23/h7-10,14,17H,2-6,11-13,20H2,1H3. The van der Waals surface area contributed by atoms with E-state index in [0.717, 1.165) is 44.5 Å². The molecular formula is C19H27N3O3. The van der Waals surface area contributed by atoms with Crippen LogP contribution in [0.1, 0.15) is 39.0 Å². The lowest BCUT2D eigenvalue weighted by molar-refractivity contribution is -0.137. The van der Waals surface area contributed by atoms with E-state index < -0.39 is 0 Å². The summed E-state index contributed by atoms with van der Waals surface area (Å²) < 4.78 is 5.66. The van der Waals surface area contributed by atoms with Gasteiger partial charge in [-0.3, -0.25) is 9.59 Å². The largest absolute Gasteiger partial charge is 0.484 e. The van der Waals surface area contributed by atoms with Crippen LogP contribution < -0.4 is 15.4 Å². The van der Waals surface area contributed by atoms with Crippen molar-refractivity contribution in [2.45, 2.75) is 51.1 Å². The highest BCUT2D eigenvalue weighted by Crippen LogP contribution is 2.24. The maximum absolute atomic E-state index is 12.5. The molecule has 2 unspecified atom stereocenters. The molecule has 0 saturated carbocycles. The first-order valence-corrected chi connectivity index (χ1v) is 9.14. The minimum absolute atomic E-state index is 0.0132. The quantitative estimate of drug-likeness (QED) is 0.885. The van der Waals surface area contributed by atoms with E-state index in [9.17, 15) is 9.59 Å². The summed E-state index contributed by atoms with van der Waals surface area (Å²) in [4.78, 5) is 27.9. The predicted molar refractivity (Wildman–Crippen MR) is 96.5 cm³/mol. The molecule has 136 valence electrons. The van der Waals surface area contributed by atoms with E-state index in [1.807, 2.05) is 36.1 Å². The summed E-state index contributed by atoms with van der Waals surface area (Å²) in [6.07, 6.45) is 4.62. The van der Waals surface area contributed by atoms with Crippen LogP contribution in [0.15, 0.2) is 24.3 Å². The van der Waals surface area contributed by atoms with Gasteiger partial charge in [0.05, 0.1) is 0 Å². The second-order valence-electron chi connectivity index (χ2n) is 6.94. The molecule has 2 heterocycles. The molecular weight excluding hydrogens is 318 g/mol. The Labute approximate surface area is 148 Å². The van der Waals surface area contributed by atoms with Gasteiger partial charge in [-0.15, -0.1) is 0 Å². The molecule has 0 spiro atoms. The lowest BCUT2D eigenvalue weighted by Crippen LogP contribution is -2.52. The van der Waals surface area contributed by atoms with Gasteiger partial charge in [0.2, 0.25) is 5.91 Å². The monoisotopic (exact) mass is 345 g/mol. The van der Waals surface area contributed by atoms with E-state index in [2.05, 4.69) is 0 Å². The number of anilines is 1. The fraction of sp³-hybridized carbons (Fsp3) is 0.579. The van der Waals surface area contributed by atoms with Gasteiger partial charge >= 0.3 is 0 Å². The molecule has 0 aliphatic carbocycles. The zero-order chi connectivity index (χ0) is 17.8. The summed E-state index contributed by atoms with van der Waals surface area (Å²) in [5.74, 6) is 0.787. The van der Waals surface area contributed by atoms with Gasteiger partial charge in [0, 0.05) is 37.3 Å². The third kappa shape index (κ3) is 4.12. The first-order valence-electron chi connectivity index (χ1n) is 9.14. The Morgan fingerprint density at radius 2 is 2.00 bits per heavy atom. The van der Waals surface area contributed by atoms with Crippen molar-refractivity contribution in [3.05, 3.63) is 24.3 Å². The van der Waals surface area contributed by atoms with E-state index >= 15 is 0 Å². The van der Waals surface area contributed by atoms with Crippen LogP contribution in [-0.2, 0) is 9.59 Å². The van der Waals surface area contributed by atoms with E-state index in [1.54, 1.807) is 4.90 Å². The lowest BCUT2D eigenvalue weighted by atomic mass is 9.97. The van der Waals surface area contributed by atoms with Crippen LogP contribution in [-0.4, -0.2) is 48.5 Å². The van der Waals surface area contributed by atoms with Gasteiger partial charge in [0.15, 0.2) is 6.61 Å². The minimum atomic E-state index is -0.0264. The number of nitrogens with zero attached hydrogens (tertiary/aromatic N) is 2. The number of benzene rings is 1. The van der Waals surface area contributed by atoms with Crippen molar-refractivity contribution in [1.82, 2.24) is 4.90 Å². The van der Waals surface area contributed by atoms with Gasteiger partial charge in [0.25, 0.3) is 5.91 Å². The first-order chi connectivity index (χ1) is 12.1. The molecule has 0 aromatic heterocycles. The molecule has 2 aliphatic rings. The molecule has 25 heavy (non-hydrogen) atoms. The Kier molecular flexibility index (Phi) is 5.58. The van der Waals surface area contributed by atoms with Crippen LogP contribution in [0, 0.1) is 0 Å². The van der Waals surface area contributed by atoms with Crippen LogP contribution in [0.4, 0.5) is 5.69 Å². The second-order valence-corrected chi connectivity index (χ2v) is 6.94. The molecule has 2 saturated heterocycles. The maximum Gasteiger partial charge on any atom is 0.260 e. The van der Waals surface area contributed by atoms with Gasteiger partial charge in [-0.25, -0.2) is 0 Å². The van der Waals surface area contributed by atoms with E-state index in [1.165, 1.54) is 0 Å². The fourth-order valence-corrected chi connectivity index (χ4v) is 3.69. The Bertz CT molecular complexity index is 615. The van der Waals surface area contributed by atoms with Crippen molar-refractivity contribution < 1.29 is 14.3 Å². The number of likely N-dealkylation sites (tertiary alicyclic amines) is 1. The number of rotatable bonds is 5. The first kappa shape index (κ1) is 17.7. The average Bonchev–Trinajstić information content (AvgIpc) is 3.06. The number of nitrogens with two attached hydrogens (primary N) is 1. The van der Waals surface area contributed by atoms with Gasteiger partial charge in [-0.2, -0.15) is 0 Å². The molecule has 2 fully saturated rings. The van der Waals surface area contributed by atoms with Crippen molar-refractivity contribution in [3.8, 4) is 5.75 Å². The summed E-state index contributed by atoms with van der Waals surface area (Å²) in [5, 5.41) is 0. The number of carbonyl (C=O) groups excluding carboxylic acids is 2. The SMILES string of the molecule is CC(N)C1CCCCN1C(=O)COc1ccc(N2CCCC2=O)cc1. The number of hydrogen-bond donors (Lipinski definition) is 1. The maximum atomic E-state index is 12.5. The zero-order valence-corrected chi connectivity index (χ0v) is 14.8. The molecule has 6 heteroatoms. The van der Waals surface area contributed by atoms with Gasteiger partial charge in [-0.1, -0.05) is 0 Å². The minimum Gasteiger partial charge on any atom is -0.484 e. The molecule has 3 rings (SSSR count). The number of ether oxygens (including phenoxy) is 1. The third-order valence-corrected chi connectivity index (χ3v) is 5.06. The third-order valence-electron chi connectivity index (χ3n) is 5.06. The highest BCUT2D eigenvalue weighted by Gasteiger charge is 2.29. The van der Waals surface area contributed by atoms with Crippen molar-refractivity contribution in [2.75, 3.05) is 24.6 Å². The molecule has 2 aliphatic heterocycles. The summed E-state index contributed by atoms with van der Waals surface area (Å²) in [7, 11) is 0. The molecule has 6 nitrogen and oxygen atoms in total. The molecule has 2 atom stereocenters. The Balaban J connectivity index is 1.55. The highest BCUT2D eigenvalue weighted by molar-refractivity contribution is 5.95. The van der Waals surface area contributed by atoms with Crippen molar-refractivity contribution in [1.29, 1.82) is 0 Å². The van der Waals surface area contributed by atoms with E-state index in [0.29, 0.717) is 12.2 Å². The van der Waals surface area contributed by atoms with Crippen LogP contribution in [0.3, 0.4) is 0 Å². The zero-order valence-electron chi connectivity index (χ0n) is 14.8. The molecule has 0 radical (unpaired) electrons. The normalized spacial score (nSPS) is 22.2. The van der Waals surface area contributed by atoms with Gasteiger partial charge < -0.3 is 20.3 Å². The van der Waals surface area contributed by atoms with Crippen LogP contribution in [0.25, 0.3) is 0 Å². The van der Waals surface area contributed by atoms with Gasteiger partial charge in [0.1, 0.15) is 5.75 Å². The molecule has 2 amide bonds. The van der Waals surface area contributed by atoms with E-state index in [4.69, 9.17) is 10.5 Å². The molecule has 1 aromatic rings. The summed E-state index contributed by atoms with van der Waals surface area (Å²) >= 11 is 0. The Morgan fingerprint density at radius 3 is 2.64 bits per heavy atom. The van der Waals surface area contributed by atoms with Crippen molar-refractivity contribution in [3.63, 3.8) is 0 Å². The smallest absolute Gasteiger partial charge is 0.260 e. The lowest BCUT2D eigenvalue weighted by Gasteiger charge is -2.38. The van der Waals surface area contributed by atoms with Crippen LogP contribution in [0.5, 0.6) is 5.75 Å². The van der Waals surface area contributed by atoms with Crippen molar-refractivity contribution in [2.24, 2.45) is 5.73 Å². The Hall–Kier alpha value is -2.08. The van der Waals surface area contributed by atoms with Crippen molar-refractivity contribution >= 4 is 17.5 Å². The number of amides is 2. The molecule has 0 bridgehead atoms. The van der Waals surface area contributed by atoms with E-state index in [-0.39, 0.29) is 30.5 Å². The average molecular weight is 345 g/mol. The predicted octanol–water partition coefficient (Wildman–Crippen LogP) is 1.92. The number of hydrogen-bond acceptors (Lipinski definition) is 4. The number of piperidine rings is 1. The second kappa shape index (κ2) is 7.87. The summed E-state index contributed by atoms with van der Waals surface area (Å²) in [5.41, 5.74) is 6.91. The topological polar surface area (TPSA) is 75.9 Å². The van der Waals surface area contributed by atoms with Crippen LogP contribution >= 0.6 is 0 Å². The van der Waals surface area contributed by atoms with Crippen LogP contribution in [0.2, 0.25) is 0 Å². The summed E-state index contributed by atoms with van der Waals surface area (Å²) in [6.45, 7) is 3.50. The Morgan fingerprint density at radius 1 is 1.24 bits per heavy atom. The fourth-order valence-electron chi connectivity index (χ4n) is 3.69. The molecule has 2 N–H and O–H groups in total. The molecule has 1 aromatic carbocycles. The summed E-state index contributed by atoms with van der Waals surface area (Å²) in [6, 6.07) is 7.44. The number of carbonyl (C=O) groups is 2. The highest BCUT2D eigenvalue weighted by atomic mass is 16.5. The van der Waals surface area contributed by atoms with Gasteiger partial charge in [-0.05, 0) is 56.9 Å².